The van der Waals surface area contributed by atoms with Gasteiger partial charge in [0.1, 0.15) is 12.2 Å². The Morgan fingerprint density at radius 1 is 1.33 bits per heavy atom. The van der Waals surface area contributed by atoms with Gasteiger partial charge in [-0.05, 0) is 36.8 Å². The van der Waals surface area contributed by atoms with Crippen molar-refractivity contribution < 1.29 is 24.4 Å². The standard InChI is InChI=1S/C19H15ClN4O6/c1-10-3-2-4-13(5-10)21-16(25)9-23-18(27)14(22-19(23)28)7-11-6-12(20)8-15(17(11)26)24(29)30/h2-8,26H,9H2,1H3,(H,21,25)(H,22,28)/b14-7+. The van der Waals surface area contributed by atoms with Gasteiger partial charge in [0.15, 0.2) is 0 Å². The predicted molar refractivity (Wildman–Crippen MR) is 108 cm³/mol. The van der Waals surface area contributed by atoms with Crippen molar-refractivity contribution >= 4 is 46.9 Å². The molecule has 2 aromatic rings. The number of carbonyl (C=O) groups excluding carboxylic acids is 3. The molecule has 0 aromatic heterocycles. The maximum absolute atomic E-state index is 12.5. The molecule has 4 amide bonds. The van der Waals surface area contributed by atoms with E-state index < -0.39 is 40.8 Å². The SMILES string of the molecule is Cc1cccc(NC(=O)CN2C(=O)N/C(=C/c3cc(Cl)cc([N+](=O)[O-])c3O)C2=O)c1. The van der Waals surface area contributed by atoms with Gasteiger partial charge in [0.2, 0.25) is 11.7 Å². The number of halogens is 1. The molecule has 1 fully saturated rings. The summed E-state index contributed by atoms with van der Waals surface area (Å²) in [6.45, 7) is 1.30. The molecule has 3 rings (SSSR count). The maximum Gasteiger partial charge on any atom is 0.329 e. The van der Waals surface area contributed by atoms with E-state index in [1.165, 1.54) is 6.07 Å². The molecule has 0 unspecified atom stereocenters. The van der Waals surface area contributed by atoms with Crippen LogP contribution in [0, 0.1) is 17.0 Å². The lowest BCUT2D eigenvalue weighted by atomic mass is 10.1. The zero-order valence-electron chi connectivity index (χ0n) is 15.5. The van der Waals surface area contributed by atoms with E-state index in [9.17, 15) is 29.6 Å². The van der Waals surface area contributed by atoms with E-state index >= 15 is 0 Å². The van der Waals surface area contributed by atoms with Crippen LogP contribution in [0.25, 0.3) is 6.08 Å². The molecular weight excluding hydrogens is 416 g/mol. The molecule has 2 aromatic carbocycles. The number of nitro benzene ring substituents is 1. The lowest BCUT2D eigenvalue weighted by Gasteiger charge is -2.12. The van der Waals surface area contributed by atoms with Crippen LogP contribution in [0.1, 0.15) is 11.1 Å². The second-order valence-corrected chi connectivity index (χ2v) is 6.85. The Morgan fingerprint density at radius 3 is 2.73 bits per heavy atom. The molecule has 0 atom stereocenters. The minimum Gasteiger partial charge on any atom is -0.502 e. The first-order valence-corrected chi connectivity index (χ1v) is 8.91. The van der Waals surface area contributed by atoms with Crippen molar-refractivity contribution in [3.63, 3.8) is 0 Å². The fourth-order valence-corrected chi connectivity index (χ4v) is 3.01. The van der Waals surface area contributed by atoms with E-state index in [-0.39, 0.29) is 16.3 Å². The first-order chi connectivity index (χ1) is 14.2. The van der Waals surface area contributed by atoms with Crippen molar-refractivity contribution in [2.24, 2.45) is 0 Å². The molecule has 3 N–H and O–H groups in total. The Hall–Kier alpha value is -3.92. The number of aryl methyl sites for hydroxylation is 1. The van der Waals surface area contributed by atoms with Gasteiger partial charge in [-0.2, -0.15) is 0 Å². The van der Waals surface area contributed by atoms with Crippen LogP contribution in [0.15, 0.2) is 42.1 Å². The quantitative estimate of drug-likeness (QED) is 0.288. The third-order valence-electron chi connectivity index (χ3n) is 4.15. The van der Waals surface area contributed by atoms with Crippen molar-refractivity contribution in [3.8, 4) is 5.75 Å². The molecule has 10 nitrogen and oxygen atoms in total. The largest absolute Gasteiger partial charge is 0.502 e. The fraction of sp³-hybridized carbons (Fsp3) is 0.105. The van der Waals surface area contributed by atoms with Crippen molar-refractivity contribution in [2.75, 3.05) is 11.9 Å². The Labute approximate surface area is 174 Å². The highest BCUT2D eigenvalue weighted by Gasteiger charge is 2.35. The summed E-state index contributed by atoms with van der Waals surface area (Å²) in [7, 11) is 0. The van der Waals surface area contributed by atoms with E-state index in [1.807, 2.05) is 13.0 Å². The van der Waals surface area contributed by atoms with Crippen LogP contribution < -0.4 is 10.6 Å². The summed E-state index contributed by atoms with van der Waals surface area (Å²) in [6, 6.07) is 8.29. The van der Waals surface area contributed by atoms with Crippen LogP contribution >= 0.6 is 11.6 Å². The highest BCUT2D eigenvalue weighted by molar-refractivity contribution is 6.31. The normalized spacial score (nSPS) is 14.7. The number of aromatic hydroxyl groups is 1. The predicted octanol–water partition coefficient (Wildman–Crippen LogP) is 2.79. The van der Waals surface area contributed by atoms with Gasteiger partial charge in [-0.25, -0.2) is 9.69 Å². The van der Waals surface area contributed by atoms with Gasteiger partial charge in [0, 0.05) is 22.3 Å². The number of phenolic OH excluding ortho intramolecular Hbond substituents is 1. The smallest absolute Gasteiger partial charge is 0.329 e. The van der Waals surface area contributed by atoms with Crippen molar-refractivity contribution in [2.45, 2.75) is 6.92 Å². The number of benzene rings is 2. The first-order valence-electron chi connectivity index (χ1n) is 8.53. The average molecular weight is 431 g/mol. The van der Waals surface area contributed by atoms with E-state index in [0.717, 1.165) is 17.7 Å². The third-order valence-corrected chi connectivity index (χ3v) is 4.36. The summed E-state index contributed by atoms with van der Waals surface area (Å²) in [6.07, 6.45) is 1.05. The molecule has 0 radical (unpaired) electrons. The highest BCUT2D eigenvalue weighted by Crippen LogP contribution is 2.34. The summed E-state index contributed by atoms with van der Waals surface area (Å²) >= 11 is 5.82. The monoisotopic (exact) mass is 430 g/mol. The van der Waals surface area contributed by atoms with Gasteiger partial charge in [0.25, 0.3) is 5.91 Å². The number of nitrogens with one attached hydrogen (secondary N) is 2. The van der Waals surface area contributed by atoms with Crippen molar-refractivity contribution in [3.05, 3.63) is 68.4 Å². The van der Waals surface area contributed by atoms with Crippen molar-refractivity contribution in [1.29, 1.82) is 0 Å². The molecule has 1 aliphatic rings. The van der Waals surface area contributed by atoms with Crippen LogP contribution in [0.2, 0.25) is 5.02 Å². The molecule has 1 saturated heterocycles. The molecular formula is C19H15ClN4O6. The van der Waals surface area contributed by atoms with Crippen LogP contribution in [0.5, 0.6) is 5.75 Å². The third kappa shape index (κ3) is 4.39. The number of amides is 4. The Kier molecular flexibility index (Phi) is 5.70. The maximum atomic E-state index is 12.5. The first kappa shape index (κ1) is 20.8. The summed E-state index contributed by atoms with van der Waals surface area (Å²) in [5.74, 6) is -2.14. The molecule has 0 aliphatic carbocycles. The minimum absolute atomic E-state index is 0.0440. The number of phenols is 1. The minimum atomic E-state index is -0.846. The summed E-state index contributed by atoms with van der Waals surface area (Å²) in [5.41, 5.74) is 0.377. The van der Waals surface area contributed by atoms with E-state index in [0.29, 0.717) is 10.6 Å². The molecule has 0 bridgehead atoms. The van der Waals surface area contributed by atoms with Crippen LogP contribution in [-0.4, -0.2) is 39.3 Å². The average Bonchev–Trinajstić information content (AvgIpc) is 2.91. The second-order valence-electron chi connectivity index (χ2n) is 6.42. The van der Waals surface area contributed by atoms with Gasteiger partial charge in [0.05, 0.1) is 4.92 Å². The molecule has 0 saturated carbocycles. The van der Waals surface area contributed by atoms with Crippen LogP contribution in [-0.2, 0) is 9.59 Å². The number of urea groups is 1. The zero-order chi connectivity index (χ0) is 22.0. The number of imide groups is 1. The van der Waals surface area contributed by atoms with Gasteiger partial charge < -0.3 is 15.7 Å². The number of rotatable bonds is 5. The number of carbonyl (C=O) groups is 3. The molecule has 11 heteroatoms. The van der Waals surface area contributed by atoms with Gasteiger partial charge in [-0.3, -0.25) is 19.7 Å². The fourth-order valence-electron chi connectivity index (χ4n) is 2.79. The number of nitrogens with zero attached hydrogens (tertiary/aromatic N) is 2. The Balaban J connectivity index is 1.79. The second kappa shape index (κ2) is 8.21. The van der Waals surface area contributed by atoms with Crippen molar-refractivity contribution in [1.82, 2.24) is 10.2 Å². The van der Waals surface area contributed by atoms with Gasteiger partial charge in [-0.1, -0.05) is 23.7 Å². The van der Waals surface area contributed by atoms with E-state index in [4.69, 9.17) is 11.6 Å². The Morgan fingerprint density at radius 2 is 2.07 bits per heavy atom. The Bertz CT molecular complexity index is 1110. The van der Waals surface area contributed by atoms with E-state index in [2.05, 4.69) is 10.6 Å². The van der Waals surface area contributed by atoms with Crippen LogP contribution in [0.3, 0.4) is 0 Å². The van der Waals surface area contributed by atoms with Gasteiger partial charge >= 0.3 is 11.7 Å². The molecule has 154 valence electrons. The highest BCUT2D eigenvalue weighted by atomic mass is 35.5. The molecule has 1 aliphatic heterocycles. The molecule has 30 heavy (non-hydrogen) atoms. The van der Waals surface area contributed by atoms with Gasteiger partial charge in [-0.15, -0.1) is 0 Å². The number of hydrogen-bond donors (Lipinski definition) is 3. The molecule has 1 heterocycles. The number of hydrogen-bond acceptors (Lipinski definition) is 6. The van der Waals surface area contributed by atoms with Crippen LogP contribution in [0.4, 0.5) is 16.2 Å². The topological polar surface area (TPSA) is 142 Å². The summed E-state index contributed by atoms with van der Waals surface area (Å²) in [4.78, 5) is 47.7. The number of nitro groups is 1. The summed E-state index contributed by atoms with van der Waals surface area (Å²) < 4.78 is 0. The molecule has 0 spiro atoms. The lowest BCUT2D eigenvalue weighted by Crippen LogP contribution is -2.38. The zero-order valence-corrected chi connectivity index (χ0v) is 16.3. The summed E-state index contributed by atoms with van der Waals surface area (Å²) in [5, 5.41) is 25.9. The lowest BCUT2D eigenvalue weighted by molar-refractivity contribution is -0.385. The van der Waals surface area contributed by atoms with E-state index in [1.54, 1.807) is 18.2 Å². The number of anilines is 1.